The second-order valence-electron chi connectivity index (χ2n) is 6.41. The molecule has 0 atom stereocenters. The van der Waals surface area contributed by atoms with Crippen LogP contribution in [0, 0.1) is 0 Å². The number of hydrogen-bond acceptors (Lipinski definition) is 3. The first-order valence-electron chi connectivity index (χ1n) is 7.05. The molecule has 112 valence electrons. The zero-order valence-corrected chi connectivity index (χ0v) is 13.3. The first-order valence-corrected chi connectivity index (χ1v) is 7.05. The number of carbonyl (C=O) groups is 1. The van der Waals surface area contributed by atoms with E-state index in [2.05, 4.69) is 11.9 Å². The highest BCUT2D eigenvalue weighted by Crippen LogP contribution is 2.36. The predicted octanol–water partition coefficient (Wildman–Crippen LogP) is 2.50. The molecular formula is C16H22BNO3. The second kappa shape index (κ2) is 5.32. The van der Waals surface area contributed by atoms with Gasteiger partial charge < -0.3 is 14.6 Å². The Kier molecular flexibility index (Phi) is 4.00. The molecule has 1 aromatic carbocycles. The van der Waals surface area contributed by atoms with Crippen LogP contribution in [0.25, 0.3) is 0 Å². The molecule has 0 radical (unpaired) electrons. The number of benzene rings is 1. The van der Waals surface area contributed by atoms with E-state index in [-0.39, 0.29) is 5.91 Å². The molecule has 0 bridgehead atoms. The molecule has 0 aliphatic carbocycles. The third kappa shape index (κ3) is 3.04. The van der Waals surface area contributed by atoms with E-state index in [0.29, 0.717) is 11.3 Å². The Morgan fingerprint density at radius 3 is 2.19 bits per heavy atom. The fourth-order valence-electron chi connectivity index (χ4n) is 2.02. The van der Waals surface area contributed by atoms with Crippen LogP contribution < -0.4 is 10.8 Å². The average molecular weight is 287 g/mol. The van der Waals surface area contributed by atoms with E-state index in [4.69, 9.17) is 9.31 Å². The summed E-state index contributed by atoms with van der Waals surface area (Å²) in [4.78, 5) is 11.8. The van der Waals surface area contributed by atoms with Crippen molar-refractivity contribution in [3.8, 4) is 0 Å². The van der Waals surface area contributed by atoms with E-state index in [9.17, 15) is 4.79 Å². The van der Waals surface area contributed by atoms with Crippen molar-refractivity contribution >= 4 is 24.2 Å². The largest absolute Gasteiger partial charge is 0.496 e. The number of nitrogens with one attached hydrogen (secondary N) is 1. The highest BCUT2D eigenvalue weighted by atomic mass is 16.7. The third-order valence-electron chi connectivity index (χ3n) is 4.10. The van der Waals surface area contributed by atoms with Crippen LogP contribution in [0.15, 0.2) is 36.4 Å². The Hall–Kier alpha value is -1.59. The fourth-order valence-corrected chi connectivity index (χ4v) is 2.02. The van der Waals surface area contributed by atoms with Gasteiger partial charge in [-0.25, -0.2) is 0 Å². The van der Waals surface area contributed by atoms with Crippen molar-refractivity contribution in [1.82, 2.24) is 0 Å². The molecule has 1 aliphatic heterocycles. The number of anilines is 1. The molecular weight excluding hydrogens is 265 g/mol. The Bertz CT molecular complexity index is 565. The molecule has 0 spiro atoms. The summed E-state index contributed by atoms with van der Waals surface area (Å²) in [7, 11) is -0.503. The van der Waals surface area contributed by atoms with Crippen molar-refractivity contribution < 1.29 is 14.1 Å². The average Bonchev–Trinajstić information content (AvgIpc) is 2.58. The van der Waals surface area contributed by atoms with Gasteiger partial charge in [0.05, 0.1) is 11.2 Å². The minimum absolute atomic E-state index is 0.209. The van der Waals surface area contributed by atoms with Crippen LogP contribution in [-0.4, -0.2) is 24.2 Å². The van der Waals surface area contributed by atoms with Gasteiger partial charge in [-0.1, -0.05) is 24.8 Å². The SMILES string of the molecule is C=C(C)C(=O)Nc1ccccc1B1OC(C)(C)C(C)(C)O1. The van der Waals surface area contributed by atoms with Crippen LogP contribution in [-0.2, 0) is 14.1 Å². The molecule has 2 rings (SSSR count). The summed E-state index contributed by atoms with van der Waals surface area (Å²) >= 11 is 0. The summed E-state index contributed by atoms with van der Waals surface area (Å²) in [6.45, 7) is 13.3. The molecule has 1 saturated heterocycles. The number of carbonyl (C=O) groups excluding carboxylic acids is 1. The summed E-state index contributed by atoms with van der Waals surface area (Å²) in [5, 5.41) is 2.84. The van der Waals surface area contributed by atoms with Crippen LogP contribution in [0.1, 0.15) is 34.6 Å². The van der Waals surface area contributed by atoms with Crippen LogP contribution >= 0.6 is 0 Å². The van der Waals surface area contributed by atoms with Gasteiger partial charge in [0.15, 0.2) is 0 Å². The molecule has 1 fully saturated rings. The molecule has 1 aromatic rings. The van der Waals surface area contributed by atoms with Gasteiger partial charge in [-0.05, 0) is 40.7 Å². The summed E-state index contributed by atoms with van der Waals surface area (Å²) in [5.74, 6) is -0.209. The van der Waals surface area contributed by atoms with Crippen molar-refractivity contribution in [3.63, 3.8) is 0 Å². The van der Waals surface area contributed by atoms with E-state index in [1.54, 1.807) is 6.92 Å². The van der Waals surface area contributed by atoms with Gasteiger partial charge in [0, 0.05) is 16.7 Å². The monoisotopic (exact) mass is 287 g/mol. The Morgan fingerprint density at radius 1 is 1.14 bits per heavy atom. The number of para-hydroxylation sites is 1. The second-order valence-corrected chi connectivity index (χ2v) is 6.41. The van der Waals surface area contributed by atoms with Crippen molar-refractivity contribution in [2.24, 2.45) is 0 Å². The Morgan fingerprint density at radius 2 is 1.67 bits per heavy atom. The predicted molar refractivity (Wildman–Crippen MR) is 85.6 cm³/mol. The smallest absolute Gasteiger partial charge is 0.399 e. The zero-order valence-electron chi connectivity index (χ0n) is 13.3. The third-order valence-corrected chi connectivity index (χ3v) is 4.10. The lowest BCUT2D eigenvalue weighted by molar-refractivity contribution is -0.112. The Balaban J connectivity index is 2.30. The van der Waals surface area contributed by atoms with Crippen LogP contribution in [0.4, 0.5) is 5.69 Å². The van der Waals surface area contributed by atoms with Crippen molar-refractivity contribution in [1.29, 1.82) is 0 Å². The standard InChI is InChI=1S/C16H22BNO3/c1-11(2)14(19)18-13-10-8-7-9-12(13)17-20-15(3,4)16(5,6)21-17/h7-10H,1H2,2-6H3,(H,18,19). The maximum Gasteiger partial charge on any atom is 0.496 e. The molecule has 21 heavy (non-hydrogen) atoms. The highest BCUT2D eigenvalue weighted by Gasteiger charge is 2.52. The van der Waals surface area contributed by atoms with Gasteiger partial charge in [0.25, 0.3) is 5.91 Å². The fraction of sp³-hybridized carbons (Fsp3) is 0.438. The van der Waals surface area contributed by atoms with E-state index < -0.39 is 18.3 Å². The van der Waals surface area contributed by atoms with Gasteiger partial charge in [0.1, 0.15) is 0 Å². The molecule has 5 heteroatoms. The lowest BCUT2D eigenvalue weighted by Crippen LogP contribution is -2.41. The summed E-state index contributed by atoms with van der Waals surface area (Å²) < 4.78 is 12.1. The Labute approximate surface area is 126 Å². The lowest BCUT2D eigenvalue weighted by atomic mass is 9.78. The first kappa shape index (κ1) is 15.8. The first-order chi connectivity index (χ1) is 9.64. The minimum Gasteiger partial charge on any atom is -0.399 e. The number of rotatable bonds is 3. The minimum atomic E-state index is -0.503. The molecule has 1 heterocycles. The van der Waals surface area contributed by atoms with Gasteiger partial charge in [-0.15, -0.1) is 0 Å². The van der Waals surface area contributed by atoms with E-state index in [1.165, 1.54) is 0 Å². The van der Waals surface area contributed by atoms with Crippen molar-refractivity contribution in [2.45, 2.75) is 45.8 Å². The molecule has 1 amide bonds. The number of hydrogen-bond donors (Lipinski definition) is 1. The van der Waals surface area contributed by atoms with Gasteiger partial charge in [0.2, 0.25) is 0 Å². The summed E-state index contributed by atoms with van der Waals surface area (Å²) in [6, 6.07) is 7.50. The molecule has 0 aromatic heterocycles. The molecule has 0 unspecified atom stereocenters. The summed E-state index contributed by atoms with van der Waals surface area (Å²) in [6.07, 6.45) is 0. The highest BCUT2D eigenvalue weighted by molar-refractivity contribution is 6.64. The number of amides is 1. The maximum atomic E-state index is 11.8. The van der Waals surface area contributed by atoms with Gasteiger partial charge in [-0.3, -0.25) is 4.79 Å². The quantitative estimate of drug-likeness (QED) is 0.686. The van der Waals surface area contributed by atoms with E-state index in [1.807, 2.05) is 52.0 Å². The van der Waals surface area contributed by atoms with Gasteiger partial charge in [-0.2, -0.15) is 0 Å². The lowest BCUT2D eigenvalue weighted by Gasteiger charge is -2.32. The zero-order chi connectivity index (χ0) is 15.8. The van der Waals surface area contributed by atoms with Crippen molar-refractivity contribution in [2.75, 3.05) is 5.32 Å². The normalized spacial score (nSPS) is 19.4. The topological polar surface area (TPSA) is 47.6 Å². The molecule has 4 nitrogen and oxygen atoms in total. The molecule has 1 N–H and O–H groups in total. The summed E-state index contributed by atoms with van der Waals surface area (Å²) in [5.41, 5.74) is 1.13. The van der Waals surface area contributed by atoms with Crippen LogP contribution in [0.2, 0.25) is 0 Å². The van der Waals surface area contributed by atoms with E-state index >= 15 is 0 Å². The van der Waals surface area contributed by atoms with Crippen LogP contribution in [0.3, 0.4) is 0 Å². The molecule has 0 saturated carbocycles. The maximum absolute atomic E-state index is 11.8. The van der Waals surface area contributed by atoms with E-state index in [0.717, 1.165) is 5.46 Å². The van der Waals surface area contributed by atoms with Crippen molar-refractivity contribution in [3.05, 3.63) is 36.4 Å². The van der Waals surface area contributed by atoms with Crippen LogP contribution in [0.5, 0.6) is 0 Å². The van der Waals surface area contributed by atoms with Gasteiger partial charge >= 0.3 is 7.12 Å². The molecule has 1 aliphatic rings.